The highest BCUT2D eigenvalue weighted by Crippen LogP contribution is 2.42. The van der Waals surface area contributed by atoms with E-state index < -0.39 is 10.0 Å². The van der Waals surface area contributed by atoms with Crippen LogP contribution in [0.1, 0.15) is 25.7 Å². The lowest BCUT2D eigenvalue weighted by molar-refractivity contribution is -0.129. The van der Waals surface area contributed by atoms with Gasteiger partial charge in [-0.25, -0.2) is 8.42 Å². The van der Waals surface area contributed by atoms with E-state index in [9.17, 15) is 13.2 Å². The summed E-state index contributed by atoms with van der Waals surface area (Å²) < 4.78 is 27.7. The van der Waals surface area contributed by atoms with Crippen LogP contribution in [0.4, 0.5) is 5.69 Å². The Morgan fingerprint density at radius 2 is 1.46 bits per heavy atom. The normalized spacial score (nSPS) is 18.6. The Bertz CT molecular complexity index is 932. The number of hydrogen-bond acceptors (Lipinski definition) is 3. The molecule has 4 rings (SSSR count). The van der Waals surface area contributed by atoms with E-state index in [-0.39, 0.29) is 17.3 Å². The van der Waals surface area contributed by atoms with Crippen LogP contribution in [0.15, 0.2) is 53.4 Å². The van der Waals surface area contributed by atoms with E-state index >= 15 is 0 Å². The van der Waals surface area contributed by atoms with Crippen molar-refractivity contribution in [3.8, 4) is 11.1 Å². The molecule has 6 heteroatoms. The van der Waals surface area contributed by atoms with Crippen LogP contribution < -0.4 is 4.31 Å². The Kier molecular flexibility index (Phi) is 4.44. The van der Waals surface area contributed by atoms with Gasteiger partial charge in [0.2, 0.25) is 5.91 Å². The summed E-state index contributed by atoms with van der Waals surface area (Å²) in [6, 6.07) is 14.4. The fourth-order valence-corrected chi connectivity index (χ4v) is 5.44. The number of rotatable bonds is 2. The van der Waals surface area contributed by atoms with Gasteiger partial charge in [0.1, 0.15) is 6.54 Å². The molecule has 136 valence electrons. The Morgan fingerprint density at radius 3 is 2.19 bits per heavy atom. The molecule has 2 aromatic carbocycles. The predicted molar refractivity (Wildman–Crippen MR) is 101 cm³/mol. The van der Waals surface area contributed by atoms with E-state index in [2.05, 4.69) is 0 Å². The number of hydrogen-bond donors (Lipinski definition) is 0. The number of anilines is 1. The van der Waals surface area contributed by atoms with Crippen molar-refractivity contribution >= 4 is 21.6 Å². The van der Waals surface area contributed by atoms with E-state index in [1.54, 1.807) is 18.2 Å². The van der Waals surface area contributed by atoms with Crippen LogP contribution >= 0.6 is 0 Å². The Labute approximate surface area is 154 Å². The Hall–Kier alpha value is -2.34. The molecule has 0 bridgehead atoms. The van der Waals surface area contributed by atoms with Gasteiger partial charge in [-0.1, -0.05) is 49.2 Å². The van der Waals surface area contributed by atoms with Crippen molar-refractivity contribution in [3.05, 3.63) is 48.5 Å². The zero-order chi connectivity index (χ0) is 18.1. The van der Waals surface area contributed by atoms with Gasteiger partial charge < -0.3 is 4.90 Å². The summed E-state index contributed by atoms with van der Waals surface area (Å²) in [5.74, 6) is -0.121. The molecule has 0 atom stereocenters. The molecule has 1 saturated heterocycles. The lowest BCUT2D eigenvalue weighted by Gasteiger charge is -2.33. The summed E-state index contributed by atoms with van der Waals surface area (Å²) in [6.07, 6.45) is 4.22. The van der Waals surface area contributed by atoms with Crippen molar-refractivity contribution < 1.29 is 13.2 Å². The topological polar surface area (TPSA) is 57.7 Å². The van der Waals surface area contributed by atoms with E-state index in [0.29, 0.717) is 24.3 Å². The molecule has 1 amide bonds. The summed E-state index contributed by atoms with van der Waals surface area (Å²) in [7, 11) is -3.75. The Balaban J connectivity index is 1.73. The van der Waals surface area contributed by atoms with Crippen LogP contribution in [-0.2, 0) is 14.8 Å². The molecule has 0 saturated carbocycles. The zero-order valence-corrected chi connectivity index (χ0v) is 15.4. The molecule has 0 N–H and O–H groups in total. The largest absolute Gasteiger partial charge is 0.341 e. The number of fused-ring (bicyclic) bond motifs is 3. The molecule has 5 nitrogen and oxygen atoms in total. The molecule has 0 spiro atoms. The zero-order valence-electron chi connectivity index (χ0n) is 14.6. The Morgan fingerprint density at radius 1 is 0.846 bits per heavy atom. The third kappa shape index (κ3) is 2.88. The second-order valence-corrected chi connectivity index (χ2v) is 8.65. The minimum Gasteiger partial charge on any atom is -0.341 e. The van der Waals surface area contributed by atoms with Crippen molar-refractivity contribution in [1.29, 1.82) is 0 Å². The molecule has 1 fully saturated rings. The van der Waals surface area contributed by atoms with Gasteiger partial charge in [0.05, 0.1) is 10.6 Å². The lowest BCUT2D eigenvalue weighted by Crippen LogP contribution is -2.44. The quantitative estimate of drug-likeness (QED) is 0.815. The van der Waals surface area contributed by atoms with E-state index in [1.807, 2.05) is 35.2 Å². The van der Waals surface area contributed by atoms with Gasteiger partial charge in [0, 0.05) is 24.2 Å². The van der Waals surface area contributed by atoms with Crippen molar-refractivity contribution in [2.45, 2.75) is 30.6 Å². The van der Waals surface area contributed by atoms with Crippen LogP contribution in [0.3, 0.4) is 0 Å². The average Bonchev–Trinajstić information content (AvgIpc) is 2.95. The maximum atomic E-state index is 13.2. The number of para-hydroxylation sites is 1. The first-order valence-corrected chi connectivity index (χ1v) is 10.5. The molecular weight excluding hydrogens is 348 g/mol. The molecular formula is C20H22N2O3S. The summed E-state index contributed by atoms with van der Waals surface area (Å²) in [5.41, 5.74) is 2.12. The first kappa shape index (κ1) is 17.1. The molecule has 0 aromatic heterocycles. The van der Waals surface area contributed by atoms with Gasteiger partial charge in [-0.3, -0.25) is 9.10 Å². The van der Waals surface area contributed by atoms with Crippen LogP contribution in [-0.4, -0.2) is 38.9 Å². The monoisotopic (exact) mass is 370 g/mol. The highest BCUT2D eigenvalue weighted by Gasteiger charge is 2.36. The number of sulfonamides is 1. The molecule has 2 aliphatic rings. The van der Waals surface area contributed by atoms with Crippen molar-refractivity contribution in [2.75, 3.05) is 23.9 Å². The fraction of sp³-hybridized carbons (Fsp3) is 0.350. The SMILES string of the molecule is O=C(CN1c2ccccc2-c2ccccc2S1(=O)=O)N1CCCCCC1. The highest BCUT2D eigenvalue weighted by molar-refractivity contribution is 7.93. The van der Waals surface area contributed by atoms with Crippen molar-refractivity contribution in [1.82, 2.24) is 4.90 Å². The van der Waals surface area contributed by atoms with Crippen molar-refractivity contribution in [2.24, 2.45) is 0 Å². The van der Waals surface area contributed by atoms with Gasteiger partial charge in [0.25, 0.3) is 10.0 Å². The van der Waals surface area contributed by atoms with Crippen LogP contribution in [0, 0.1) is 0 Å². The number of benzene rings is 2. The number of carbonyl (C=O) groups is 1. The van der Waals surface area contributed by atoms with Crippen LogP contribution in [0.2, 0.25) is 0 Å². The number of carbonyl (C=O) groups excluding carboxylic acids is 1. The van der Waals surface area contributed by atoms with E-state index in [4.69, 9.17) is 0 Å². The van der Waals surface area contributed by atoms with Gasteiger partial charge in [-0.05, 0) is 25.0 Å². The first-order chi connectivity index (χ1) is 12.6. The van der Waals surface area contributed by atoms with Gasteiger partial charge in [-0.15, -0.1) is 0 Å². The molecule has 2 aliphatic heterocycles. The minimum atomic E-state index is -3.75. The minimum absolute atomic E-state index is 0.121. The second kappa shape index (κ2) is 6.76. The van der Waals surface area contributed by atoms with Gasteiger partial charge >= 0.3 is 0 Å². The number of nitrogens with zero attached hydrogens (tertiary/aromatic N) is 2. The van der Waals surface area contributed by atoms with Crippen LogP contribution in [0.5, 0.6) is 0 Å². The van der Waals surface area contributed by atoms with Gasteiger partial charge in [0.15, 0.2) is 0 Å². The molecule has 2 heterocycles. The highest BCUT2D eigenvalue weighted by atomic mass is 32.2. The van der Waals surface area contributed by atoms with Gasteiger partial charge in [-0.2, -0.15) is 0 Å². The first-order valence-electron chi connectivity index (χ1n) is 9.08. The van der Waals surface area contributed by atoms with Crippen LogP contribution in [0.25, 0.3) is 11.1 Å². The summed E-state index contributed by atoms with van der Waals surface area (Å²) in [6.45, 7) is 1.28. The lowest BCUT2D eigenvalue weighted by atomic mass is 10.0. The summed E-state index contributed by atoms with van der Waals surface area (Å²) in [5, 5.41) is 0. The number of amides is 1. The third-order valence-electron chi connectivity index (χ3n) is 5.16. The average molecular weight is 370 g/mol. The molecule has 26 heavy (non-hydrogen) atoms. The fourth-order valence-electron chi connectivity index (χ4n) is 3.79. The molecule has 0 aliphatic carbocycles. The second-order valence-electron chi connectivity index (χ2n) is 6.82. The maximum absolute atomic E-state index is 13.2. The van der Waals surface area contributed by atoms with E-state index in [1.165, 1.54) is 4.31 Å². The molecule has 0 radical (unpaired) electrons. The molecule has 2 aromatic rings. The van der Waals surface area contributed by atoms with Crippen molar-refractivity contribution in [3.63, 3.8) is 0 Å². The third-order valence-corrected chi connectivity index (χ3v) is 6.97. The molecule has 0 unspecified atom stereocenters. The smallest absolute Gasteiger partial charge is 0.265 e. The summed E-state index contributed by atoms with van der Waals surface area (Å²) in [4.78, 5) is 14.9. The number of likely N-dealkylation sites (tertiary alicyclic amines) is 1. The summed E-state index contributed by atoms with van der Waals surface area (Å²) >= 11 is 0. The maximum Gasteiger partial charge on any atom is 0.265 e. The van der Waals surface area contributed by atoms with E-state index in [0.717, 1.165) is 31.2 Å². The standard InChI is InChI=1S/C20H22N2O3S/c23-20(21-13-7-1-2-8-14-21)15-22-18-11-5-3-9-16(18)17-10-4-6-12-19(17)26(22,24)25/h3-6,9-12H,1-2,7-8,13-15H2. The predicted octanol–water partition coefficient (Wildman–Crippen LogP) is 3.26.